The van der Waals surface area contributed by atoms with E-state index in [9.17, 15) is 5.11 Å². The number of hydrogen-bond acceptors (Lipinski definition) is 3. The molecule has 2 rings (SSSR count). The number of rotatable bonds is 3. The fourth-order valence-corrected chi connectivity index (χ4v) is 3.00. The molecule has 0 aliphatic carbocycles. The van der Waals surface area contributed by atoms with Crippen molar-refractivity contribution in [2.24, 2.45) is 0 Å². The van der Waals surface area contributed by atoms with Gasteiger partial charge in [0.1, 0.15) is 17.1 Å². The molecule has 0 spiro atoms. The molecule has 0 saturated heterocycles. The van der Waals surface area contributed by atoms with Crippen molar-refractivity contribution >= 4 is 0 Å². The standard InChI is InChI=1S/C16H24O3/c1-10-11(2)15-13(12(3)14(10)18-5)6-7-16(4,19-15)8-9-17/h17H,6-9H2,1-5H3/t16-/m0/s1. The molecule has 106 valence electrons. The summed E-state index contributed by atoms with van der Waals surface area (Å²) in [5.74, 6) is 1.98. The quantitative estimate of drug-likeness (QED) is 0.911. The molecular weight excluding hydrogens is 240 g/mol. The third kappa shape index (κ3) is 2.32. The molecule has 1 aliphatic heterocycles. The van der Waals surface area contributed by atoms with Crippen LogP contribution in [0.5, 0.6) is 11.5 Å². The van der Waals surface area contributed by atoms with E-state index in [0.29, 0.717) is 6.42 Å². The molecule has 1 N–H and O–H groups in total. The van der Waals surface area contributed by atoms with Gasteiger partial charge < -0.3 is 14.6 Å². The number of fused-ring (bicyclic) bond motifs is 1. The number of methoxy groups -OCH3 is 1. The summed E-state index contributed by atoms with van der Waals surface area (Å²) >= 11 is 0. The van der Waals surface area contributed by atoms with Crippen molar-refractivity contribution in [3.05, 3.63) is 22.3 Å². The lowest BCUT2D eigenvalue weighted by atomic mass is 9.86. The summed E-state index contributed by atoms with van der Waals surface area (Å²) < 4.78 is 11.8. The Morgan fingerprint density at radius 3 is 2.47 bits per heavy atom. The van der Waals surface area contributed by atoms with Crippen molar-refractivity contribution in [1.82, 2.24) is 0 Å². The van der Waals surface area contributed by atoms with Crippen LogP contribution >= 0.6 is 0 Å². The lowest BCUT2D eigenvalue weighted by Crippen LogP contribution is -2.38. The average molecular weight is 264 g/mol. The molecule has 1 aromatic carbocycles. The first-order valence-electron chi connectivity index (χ1n) is 6.90. The lowest BCUT2D eigenvalue weighted by molar-refractivity contribution is 0.0378. The second-order valence-electron chi connectivity index (χ2n) is 5.74. The summed E-state index contributed by atoms with van der Waals surface area (Å²) in [5, 5.41) is 9.19. The fraction of sp³-hybridized carbons (Fsp3) is 0.625. The first kappa shape index (κ1) is 14.2. The Morgan fingerprint density at radius 2 is 1.89 bits per heavy atom. The van der Waals surface area contributed by atoms with Crippen molar-refractivity contribution < 1.29 is 14.6 Å². The van der Waals surface area contributed by atoms with Crippen molar-refractivity contribution in [3.63, 3.8) is 0 Å². The Kier molecular flexibility index (Phi) is 3.77. The summed E-state index contributed by atoms with van der Waals surface area (Å²) in [6.07, 6.45) is 2.60. The molecule has 3 nitrogen and oxygen atoms in total. The first-order chi connectivity index (χ1) is 8.93. The van der Waals surface area contributed by atoms with Crippen molar-refractivity contribution in [1.29, 1.82) is 0 Å². The van der Waals surface area contributed by atoms with E-state index >= 15 is 0 Å². The van der Waals surface area contributed by atoms with Crippen LogP contribution in [0, 0.1) is 20.8 Å². The van der Waals surface area contributed by atoms with Gasteiger partial charge in [0.15, 0.2) is 0 Å². The minimum Gasteiger partial charge on any atom is -0.496 e. The van der Waals surface area contributed by atoms with Crippen molar-refractivity contribution in [2.45, 2.75) is 52.6 Å². The van der Waals surface area contributed by atoms with Crippen LogP contribution in [-0.4, -0.2) is 24.4 Å². The Bertz CT molecular complexity index is 494. The third-order valence-electron chi connectivity index (χ3n) is 4.41. The number of aliphatic hydroxyl groups excluding tert-OH is 1. The fourth-order valence-electron chi connectivity index (χ4n) is 3.00. The summed E-state index contributed by atoms with van der Waals surface area (Å²) in [5.41, 5.74) is 4.50. The molecule has 0 amide bonds. The molecule has 1 aliphatic rings. The van der Waals surface area contributed by atoms with E-state index in [-0.39, 0.29) is 12.2 Å². The van der Waals surface area contributed by atoms with Crippen LogP contribution < -0.4 is 9.47 Å². The highest BCUT2D eigenvalue weighted by molar-refractivity contribution is 5.58. The Balaban J connectivity index is 2.51. The highest BCUT2D eigenvalue weighted by Gasteiger charge is 2.34. The van der Waals surface area contributed by atoms with Crippen LogP contribution in [0.25, 0.3) is 0 Å². The normalized spacial score (nSPS) is 21.8. The number of benzene rings is 1. The van der Waals surface area contributed by atoms with Crippen molar-refractivity contribution in [2.75, 3.05) is 13.7 Å². The van der Waals surface area contributed by atoms with Gasteiger partial charge in [-0.05, 0) is 57.2 Å². The van der Waals surface area contributed by atoms with Gasteiger partial charge in [0.25, 0.3) is 0 Å². The third-order valence-corrected chi connectivity index (χ3v) is 4.41. The van der Waals surface area contributed by atoms with Gasteiger partial charge in [-0.3, -0.25) is 0 Å². The van der Waals surface area contributed by atoms with E-state index in [2.05, 4.69) is 27.7 Å². The van der Waals surface area contributed by atoms with E-state index in [4.69, 9.17) is 9.47 Å². The van der Waals surface area contributed by atoms with Gasteiger partial charge in [-0.2, -0.15) is 0 Å². The van der Waals surface area contributed by atoms with Crippen LogP contribution in [0.15, 0.2) is 0 Å². The summed E-state index contributed by atoms with van der Waals surface area (Å²) in [7, 11) is 1.72. The summed E-state index contributed by atoms with van der Waals surface area (Å²) in [6, 6.07) is 0. The van der Waals surface area contributed by atoms with Crippen LogP contribution in [0.1, 0.15) is 42.0 Å². The number of aliphatic hydroxyl groups is 1. The molecule has 19 heavy (non-hydrogen) atoms. The topological polar surface area (TPSA) is 38.7 Å². The van der Waals surface area contributed by atoms with E-state index in [1.54, 1.807) is 7.11 Å². The van der Waals surface area contributed by atoms with Crippen LogP contribution in [0.4, 0.5) is 0 Å². The van der Waals surface area contributed by atoms with Gasteiger partial charge >= 0.3 is 0 Å². The number of ether oxygens (including phenoxy) is 2. The minimum absolute atomic E-state index is 0.166. The van der Waals surface area contributed by atoms with E-state index < -0.39 is 0 Å². The zero-order valence-corrected chi connectivity index (χ0v) is 12.6. The molecule has 0 aromatic heterocycles. The first-order valence-corrected chi connectivity index (χ1v) is 6.90. The Hall–Kier alpha value is -1.22. The van der Waals surface area contributed by atoms with Crippen molar-refractivity contribution in [3.8, 4) is 11.5 Å². The van der Waals surface area contributed by atoms with Gasteiger partial charge in [0, 0.05) is 18.6 Å². The van der Waals surface area contributed by atoms with Crippen LogP contribution in [0.2, 0.25) is 0 Å². The maximum Gasteiger partial charge on any atom is 0.127 e. The zero-order chi connectivity index (χ0) is 14.2. The van der Waals surface area contributed by atoms with Gasteiger partial charge in [0.2, 0.25) is 0 Å². The maximum absolute atomic E-state index is 9.19. The molecule has 0 unspecified atom stereocenters. The van der Waals surface area contributed by atoms with E-state index in [1.807, 2.05) is 0 Å². The molecule has 0 radical (unpaired) electrons. The summed E-state index contributed by atoms with van der Waals surface area (Å²) in [6.45, 7) is 8.51. The average Bonchev–Trinajstić information content (AvgIpc) is 2.37. The molecule has 1 aromatic rings. The predicted octanol–water partition coefficient (Wildman–Crippen LogP) is 3.09. The second-order valence-corrected chi connectivity index (χ2v) is 5.74. The minimum atomic E-state index is -0.250. The molecule has 0 saturated carbocycles. The van der Waals surface area contributed by atoms with E-state index in [0.717, 1.165) is 35.5 Å². The second kappa shape index (κ2) is 5.04. The molecule has 3 heteroatoms. The van der Waals surface area contributed by atoms with Gasteiger partial charge in [-0.15, -0.1) is 0 Å². The molecule has 1 atom stereocenters. The smallest absolute Gasteiger partial charge is 0.127 e. The van der Waals surface area contributed by atoms with Gasteiger partial charge in [0.05, 0.1) is 7.11 Å². The zero-order valence-electron chi connectivity index (χ0n) is 12.6. The SMILES string of the molecule is COc1c(C)c(C)c2c(c1C)CC[C@@](C)(CCO)O2. The monoisotopic (exact) mass is 264 g/mol. The molecule has 0 bridgehead atoms. The van der Waals surface area contributed by atoms with Crippen LogP contribution in [0.3, 0.4) is 0 Å². The Morgan fingerprint density at radius 1 is 1.21 bits per heavy atom. The van der Waals surface area contributed by atoms with Crippen LogP contribution in [-0.2, 0) is 6.42 Å². The number of hydrogen-bond donors (Lipinski definition) is 1. The highest BCUT2D eigenvalue weighted by atomic mass is 16.5. The molecule has 1 heterocycles. The molecule has 0 fully saturated rings. The highest BCUT2D eigenvalue weighted by Crippen LogP contribution is 2.44. The maximum atomic E-state index is 9.19. The van der Waals surface area contributed by atoms with Gasteiger partial charge in [-0.1, -0.05) is 0 Å². The Labute approximate surface area is 115 Å². The van der Waals surface area contributed by atoms with Gasteiger partial charge in [-0.25, -0.2) is 0 Å². The predicted molar refractivity (Wildman–Crippen MR) is 76.3 cm³/mol. The largest absolute Gasteiger partial charge is 0.496 e. The summed E-state index contributed by atoms with van der Waals surface area (Å²) in [4.78, 5) is 0. The lowest BCUT2D eigenvalue weighted by Gasteiger charge is -2.37. The van der Waals surface area contributed by atoms with E-state index in [1.165, 1.54) is 11.1 Å². The molecular formula is C16H24O3.